The molecule has 0 aromatic carbocycles. The number of rotatable bonds is 5. The van der Waals surface area contributed by atoms with Crippen molar-refractivity contribution in [3.05, 3.63) is 27.9 Å². The molecule has 1 aromatic heterocycles. The molecule has 1 heterocycles. The van der Waals surface area contributed by atoms with Crippen LogP contribution in [-0.4, -0.2) is 17.1 Å². The number of H-pyrrole nitrogens is 1. The van der Waals surface area contributed by atoms with Crippen LogP contribution in [0.25, 0.3) is 0 Å². The van der Waals surface area contributed by atoms with Gasteiger partial charge in [0, 0.05) is 18.9 Å². The first-order chi connectivity index (χ1) is 6.76. The van der Waals surface area contributed by atoms with Crippen LogP contribution < -0.4 is 5.56 Å². The predicted octanol–water partition coefficient (Wildman–Crippen LogP) is 1.26. The molecule has 0 aliphatic heterocycles. The third-order valence-electron chi connectivity index (χ3n) is 1.91. The maximum atomic E-state index is 11.2. The van der Waals surface area contributed by atoms with E-state index in [2.05, 4.69) is 16.9 Å². The Morgan fingerprint density at radius 1 is 1.57 bits per heavy atom. The van der Waals surface area contributed by atoms with Gasteiger partial charge in [-0.2, -0.15) is 0 Å². The Morgan fingerprint density at radius 2 is 2.36 bits per heavy atom. The van der Waals surface area contributed by atoms with Crippen LogP contribution in [0.4, 0.5) is 0 Å². The zero-order valence-electron chi connectivity index (χ0n) is 8.67. The molecule has 1 N–H and O–H groups in total. The van der Waals surface area contributed by atoms with E-state index < -0.39 is 0 Å². The Morgan fingerprint density at radius 3 is 3.00 bits per heavy atom. The van der Waals surface area contributed by atoms with Crippen molar-refractivity contribution in [2.75, 3.05) is 7.11 Å². The van der Waals surface area contributed by atoms with Gasteiger partial charge in [-0.3, -0.25) is 4.79 Å². The predicted molar refractivity (Wildman–Crippen MR) is 54.2 cm³/mol. The summed E-state index contributed by atoms with van der Waals surface area (Å²) in [7, 11) is 1.58. The Balaban J connectivity index is 2.78. The van der Waals surface area contributed by atoms with E-state index >= 15 is 0 Å². The maximum absolute atomic E-state index is 11.2. The van der Waals surface area contributed by atoms with Gasteiger partial charge in [-0.1, -0.05) is 13.3 Å². The van der Waals surface area contributed by atoms with E-state index in [4.69, 9.17) is 4.74 Å². The molecular formula is C10H16N2O2. The number of methoxy groups -OCH3 is 1. The van der Waals surface area contributed by atoms with Gasteiger partial charge in [0.1, 0.15) is 12.4 Å². The van der Waals surface area contributed by atoms with Crippen molar-refractivity contribution in [3.63, 3.8) is 0 Å². The van der Waals surface area contributed by atoms with E-state index in [0.717, 1.165) is 25.0 Å². The Hall–Kier alpha value is -1.16. The zero-order chi connectivity index (χ0) is 10.4. The van der Waals surface area contributed by atoms with Crippen LogP contribution in [0.1, 0.15) is 31.3 Å². The molecule has 0 amide bonds. The largest absolute Gasteiger partial charge is 0.377 e. The molecule has 0 atom stereocenters. The lowest BCUT2D eigenvalue weighted by molar-refractivity contribution is 0.177. The minimum atomic E-state index is -0.0989. The van der Waals surface area contributed by atoms with Crippen LogP contribution in [0.2, 0.25) is 0 Å². The lowest BCUT2D eigenvalue weighted by atomic mass is 10.2. The molecule has 0 unspecified atom stereocenters. The maximum Gasteiger partial charge on any atom is 0.251 e. The van der Waals surface area contributed by atoms with E-state index in [9.17, 15) is 4.79 Å². The van der Waals surface area contributed by atoms with E-state index in [0.29, 0.717) is 12.4 Å². The van der Waals surface area contributed by atoms with Crippen LogP contribution in [0, 0.1) is 0 Å². The van der Waals surface area contributed by atoms with E-state index in [-0.39, 0.29) is 5.56 Å². The molecule has 0 saturated carbocycles. The van der Waals surface area contributed by atoms with E-state index in [1.165, 1.54) is 0 Å². The number of aromatic nitrogens is 2. The molecule has 0 saturated heterocycles. The van der Waals surface area contributed by atoms with Crippen LogP contribution in [0.5, 0.6) is 0 Å². The monoisotopic (exact) mass is 196 g/mol. The molecule has 0 radical (unpaired) electrons. The minimum Gasteiger partial charge on any atom is -0.377 e. The van der Waals surface area contributed by atoms with Gasteiger partial charge >= 0.3 is 0 Å². The molecule has 4 heteroatoms. The summed E-state index contributed by atoms with van der Waals surface area (Å²) in [6, 6.07) is 1.55. The highest BCUT2D eigenvalue weighted by Gasteiger charge is 2.00. The fraction of sp³-hybridized carbons (Fsp3) is 0.600. The normalized spacial score (nSPS) is 10.4. The minimum absolute atomic E-state index is 0.0989. The number of aromatic amines is 1. The topological polar surface area (TPSA) is 55.0 Å². The quantitative estimate of drug-likeness (QED) is 0.771. The van der Waals surface area contributed by atoms with Crippen molar-refractivity contribution in [2.45, 2.75) is 32.8 Å². The second-order valence-electron chi connectivity index (χ2n) is 3.22. The highest BCUT2D eigenvalue weighted by atomic mass is 16.5. The zero-order valence-corrected chi connectivity index (χ0v) is 8.67. The smallest absolute Gasteiger partial charge is 0.251 e. The number of hydrogen-bond acceptors (Lipinski definition) is 3. The molecule has 14 heavy (non-hydrogen) atoms. The van der Waals surface area contributed by atoms with Gasteiger partial charge in [0.15, 0.2) is 0 Å². The molecule has 0 aliphatic carbocycles. The van der Waals surface area contributed by atoms with Gasteiger partial charge in [-0.05, 0) is 12.8 Å². The number of nitrogens with zero attached hydrogens (tertiary/aromatic N) is 1. The fourth-order valence-electron chi connectivity index (χ4n) is 1.25. The highest BCUT2D eigenvalue weighted by molar-refractivity contribution is 5.02. The van der Waals surface area contributed by atoms with Crippen LogP contribution in [0.3, 0.4) is 0 Å². The molecular weight excluding hydrogens is 180 g/mol. The average molecular weight is 196 g/mol. The third-order valence-corrected chi connectivity index (χ3v) is 1.91. The van der Waals surface area contributed by atoms with Gasteiger partial charge in [0.2, 0.25) is 0 Å². The number of ether oxygens (including phenoxy) is 1. The molecule has 1 rings (SSSR count). The lowest BCUT2D eigenvalue weighted by Crippen LogP contribution is -2.13. The van der Waals surface area contributed by atoms with Gasteiger partial charge in [-0.15, -0.1) is 0 Å². The van der Waals surface area contributed by atoms with Crippen molar-refractivity contribution in [1.29, 1.82) is 0 Å². The second kappa shape index (κ2) is 5.54. The first-order valence-electron chi connectivity index (χ1n) is 4.84. The van der Waals surface area contributed by atoms with Crippen molar-refractivity contribution < 1.29 is 4.74 Å². The number of hydrogen-bond donors (Lipinski definition) is 1. The summed E-state index contributed by atoms with van der Waals surface area (Å²) in [4.78, 5) is 18.1. The Labute approximate surface area is 83.3 Å². The standard InChI is InChI=1S/C10H16N2O2/c1-3-4-5-8-6-10(13)12-9(11-8)7-14-2/h6H,3-5,7H2,1-2H3,(H,11,12,13). The Kier molecular flexibility index (Phi) is 4.32. The number of unbranched alkanes of at least 4 members (excludes halogenated alkanes) is 1. The van der Waals surface area contributed by atoms with Crippen LogP contribution in [0.15, 0.2) is 10.9 Å². The molecule has 1 aromatic rings. The molecule has 0 spiro atoms. The van der Waals surface area contributed by atoms with Crippen molar-refractivity contribution >= 4 is 0 Å². The first-order valence-corrected chi connectivity index (χ1v) is 4.84. The summed E-state index contributed by atoms with van der Waals surface area (Å²) in [5.74, 6) is 0.603. The van der Waals surface area contributed by atoms with E-state index in [1.54, 1.807) is 13.2 Å². The van der Waals surface area contributed by atoms with Gasteiger partial charge in [-0.25, -0.2) is 4.98 Å². The SMILES string of the molecule is CCCCc1cc(=O)[nH]c(COC)n1. The number of aryl methyl sites for hydroxylation is 1. The summed E-state index contributed by atoms with van der Waals surface area (Å²) in [6.07, 6.45) is 3.02. The summed E-state index contributed by atoms with van der Waals surface area (Å²) in [6.45, 7) is 2.47. The summed E-state index contributed by atoms with van der Waals surface area (Å²) in [5.41, 5.74) is 0.751. The van der Waals surface area contributed by atoms with Gasteiger partial charge in [0.25, 0.3) is 5.56 Å². The Bertz CT molecular complexity index is 333. The van der Waals surface area contributed by atoms with E-state index in [1.807, 2.05) is 0 Å². The molecule has 4 nitrogen and oxygen atoms in total. The average Bonchev–Trinajstić information content (AvgIpc) is 2.14. The molecule has 78 valence electrons. The third kappa shape index (κ3) is 3.30. The summed E-state index contributed by atoms with van der Waals surface area (Å²) in [5, 5.41) is 0. The van der Waals surface area contributed by atoms with Crippen molar-refractivity contribution in [1.82, 2.24) is 9.97 Å². The van der Waals surface area contributed by atoms with Gasteiger partial charge in [0.05, 0.1) is 0 Å². The first kappa shape index (κ1) is 10.9. The molecule has 0 aliphatic rings. The van der Waals surface area contributed by atoms with Crippen LogP contribution >= 0.6 is 0 Å². The summed E-state index contributed by atoms with van der Waals surface area (Å²) >= 11 is 0. The van der Waals surface area contributed by atoms with Crippen molar-refractivity contribution in [2.24, 2.45) is 0 Å². The van der Waals surface area contributed by atoms with Gasteiger partial charge < -0.3 is 9.72 Å². The van der Waals surface area contributed by atoms with Crippen LogP contribution in [-0.2, 0) is 17.8 Å². The fourth-order valence-corrected chi connectivity index (χ4v) is 1.25. The lowest BCUT2D eigenvalue weighted by Gasteiger charge is -2.02. The van der Waals surface area contributed by atoms with Crippen molar-refractivity contribution in [3.8, 4) is 0 Å². The summed E-state index contributed by atoms with van der Waals surface area (Å²) < 4.78 is 4.91. The molecule has 0 bridgehead atoms. The second-order valence-corrected chi connectivity index (χ2v) is 3.22. The number of nitrogens with one attached hydrogen (secondary N) is 1. The molecule has 0 fully saturated rings. The highest BCUT2D eigenvalue weighted by Crippen LogP contribution is 2.00.